The number of nitrogens with zero attached hydrogens (tertiary/aromatic N) is 2. The largest absolute Gasteiger partial charge is 0.455 e. The fraction of sp³-hybridized carbons (Fsp3) is 0.143. The number of hydrogen-bond acceptors (Lipinski definition) is 3. The Morgan fingerprint density at radius 2 is 0.784 bits per heavy atom. The van der Waals surface area contributed by atoms with Gasteiger partial charge in [-0.15, -0.1) is 0 Å². The zero-order valence-corrected chi connectivity index (χ0v) is 50.7. The van der Waals surface area contributed by atoms with Crippen LogP contribution in [-0.4, -0.2) is 4.57 Å². The predicted molar refractivity (Wildman–Crippen MR) is 366 cm³/mol. The molecule has 0 saturated heterocycles. The van der Waals surface area contributed by atoms with Crippen molar-refractivity contribution in [2.24, 2.45) is 0 Å². The van der Waals surface area contributed by atoms with Gasteiger partial charge in [-0.25, -0.2) is 0 Å². The molecule has 0 amide bonds. The molecule has 0 bridgehead atoms. The third-order valence-corrected chi connectivity index (χ3v) is 21.5. The highest BCUT2D eigenvalue weighted by Crippen LogP contribution is 2.64. The Morgan fingerprint density at radius 3 is 1.51 bits per heavy atom. The second-order valence-electron chi connectivity index (χ2n) is 27.5. The highest BCUT2D eigenvalue weighted by molar-refractivity contribution is 6.22. The normalized spacial score (nSPS) is 15.6. The summed E-state index contributed by atoms with van der Waals surface area (Å²) in [4.78, 5) is 2.54. The molecule has 15 aromatic rings. The van der Waals surface area contributed by atoms with Gasteiger partial charge in [-0.1, -0.05) is 207 Å². The minimum atomic E-state index is -0.394. The van der Waals surface area contributed by atoms with Gasteiger partial charge in [-0.05, 0) is 168 Å². The Kier molecular flexibility index (Phi) is 9.59. The Bertz CT molecular complexity index is 5640. The lowest BCUT2D eigenvalue weighted by Gasteiger charge is -2.32. The molecule has 0 spiro atoms. The van der Waals surface area contributed by atoms with E-state index in [0.717, 1.165) is 66.9 Å². The second-order valence-corrected chi connectivity index (χ2v) is 27.5. The number of benzene rings is 12. The van der Waals surface area contributed by atoms with E-state index in [4.69, 9.17) is 8.83 Å². The minimum absolute atomic E-state index is 0.143. The fourth-order valence-corrected chi connectivity index (χ4v) is 17.4. The van der Waals surface area contributed by atoms with Crippen LogP contribution in [0.4, 0.5) is 17.1 Å². The van der Waals surface area contributed by atoms with E-state index < -0.39 is 5.41 Å². The monoisotopic (exact) mass is 1130 g/mol. The van der Waals surface area contributed by atoms with Gasteiger partial charge >= 0.3 is 0 Å². The lowest BCUT2D eigenvalue weighted by molar-refractivity contribution is 0.600. The average molecular weight is 1130 g/mol. The van der Waals surface area contributed by atoms with Crippen LogP contribution in [-0.2, 0) is 21.7 Å². The first kappa shape index (κ1) is 50.0. The van der Waals surface area contributed by atoms with Crippen molar-refractivity contribution in [3.05, 3.63) is 275 Å². The van der Waals surface area contributed by atoms with Crippen molar-refractivity contribution >= 4 is 82.7 Å². The maximum atomic E-state index is 7.11. The maximum absolute atomic E-state index is 7.11. The molecular weight excluding hydrogens is 1070 g/mol. The molecular formula is C84H62N2O2. The van der Waals surface area contributed by atoms with Crippen LogP contribution in [0.15, 0.2) is 239 Å². The molecule has 4 heteroatoms. The SMILES string of the molecule is CC1(C)c2ccccc2-c2ccc(-c3cc4c(c5c3oc3ccccc35)-c3ccc(N(c5ccc6c(c5)C(C)(C)c5c7c(c8oc9ccccc9c8c5-6)-c5ccccc5C7(C)C)c5ccc6c7ccccc7n(-c7ccccc7)c6c5)cc3C4(C)C)cc21. The number of hydrogen-bond donors (Lipinski definition) is 0. The molecule has 4 nitrogen and oxygen atoms in total. The van der Waals surface area contributed by atoms with E-state index in [-0.39, 0.29) is 16.2 Å². The van der Waals surface area contributed by atoms with Gasteiger partial charge in [0.05, 0.1) is 11.0 Å². The Labute approximate surface area is 511 Å². The molecule has 4 aliphatic carbocycles. The van der Waals surface area contributed by atoms with Crippen LogP contribution in [0.5, 0.6) is 0 Å². The van der Waals surface area contributed by atoms with E-state index in [2.05, 4.69) is 295 Å². The van der Waals surface area contributed by atoms with Gasteiger partial charge in [-0.3, -0.25) is 0 Å². The first-order valence-corrected chi connectivity index (χ1v) is 31.2. The topological polar surface area (TPSA) is 34.5 Å². The maximum Gasteiger partial charge on any atom is 0.144 e. The summed E-state index contributed by atoms with van der Waals surface area (Å²) in [6.07, 6.45) is 0. The summed E-state index contributed by atoms with van der Waals surface area (Å²) in [5.41, 5.74) is 32.6. The molecule has 0 N–H and O–H groups in total. The summed E-state index contributed by atoms with van der Waals surface area (Å²) in [6, 6.07) is 86.3. The van der Waals surface area contributed by atoms with E-state index in [9.17, 15) is 0 Å². The molecule has 0 saturated carbocycles. The summed E-state index contributed by atoms with van der Waals surface area (Å²) in [7, 11) is 0. The van der Waals surface area contributed by atoms with Crippen molar-refractivity contribution in [3.8, 4) is 61.3 Å². The van der Waals surface area contributed by atoms with Crippen LogP contribution < -0.4 is 4.90 Å². The number of furan rings is 2. The van der Waals surface area contributed by atoms with Crippen molar-refractivity contribution in [1.29, 1.82) is 0 Å². The molecule has 0 aliphatic heterocycles. The second kappa shape index (κ2) is 16.9. The third-order valence-electron chi connectivity index (χ3n) is 21.5. The molecule has 19 rings (SSSR count). The molecule has 88 heavy (non-hydrogen) atoms. The number of fused-ring (bicyclic) bond motifs is 25. The molecule has 0 atom stereocenters. The van der Waals surface area contributed by atoms with Gasteiger partial charge in [0, 0.05) is 87.9 Å². The molecule has 4 aliphatic rings. The summed E-state index contributed by atoms with van der Waals surface area (Å²) < 4.78 is 16.6. The Hall–Kier alpha value is -10.2. The van der Waals surface area contributed by atoms with E-state index >= 15 is 0 Å². The van der Waals surface area contributed by atoms with Gasteiger partial charge in [0.1, 0.15) is 22.3 Å². The van der Waals surface area contributed by atoms with Crippen LogP contribution in [0.3, 0.4) is 0 Å². The lowest BCUT2D eigenvalue weighted by atomic mass is 9.72. The average Bonchev–Trinajstić information content (AvgIpc) is 1.51. The predicted octanol–water partition coefficient (Wildman–Crippen LogP) is 22.9. The van der Waals surface area contributed by atoms with Crippen molar-refractivity contribution in [3.63, 3.8) is 0 Å². The Balaban J connectivity index is 0.841. The standard InChI is InChI=1S/C84H62N2O2/c1-81(2)62-29-17-12-24-52(62)53-38-34-47(42-64(53)81)61-46-67-72(74-59-27-15-20-32-70(59)87-79(61)74)57-40-36-49(43-65(57)82(67,3)4)85(51-35-39-55-54-25-14-19-31-68(54)86(69(55)45-51)48-22-10-9-11-23-48)50-37-41-58-66(44-50)84(7,8)77-73(58)75-60-28-16-21-33-71(60)88-80(75)76-56-26-13-18-30-63(56)83(5,6)78(76)77/h9-46H,1-8H3. The highest BCUT2D eigenvalue weighted by Gasteiger charge is 2.49. The van der Waals surface area contributed by atoms with Gasteiger partial charge in [-0.2, -0.15) is 0 Å². The van der Waals surface area contributed by atoms with Crippen LogP contribution in [0.25, 0.3) is 127 Å². The highest BCUT2D eigenvalue weighted by atomic mass is 16.3. The van der Waals surface area contributed by atoms with E-state index in [0.29, 0.717) is 0 Å². The van der Waals surface area contributed by atoms with E-state index in [1.165, 1.54) is 122 Å². The van der Waals surface area contributed by atoms with Crippen molar-refractivity contribution in [2.45, 2.75) is 77.0 Å². The summed E-state index contributed by atoms with van der Waals surface area (Å²) in [5.74, 6) is 0. The van der Waals surface area contributed by atoms with Crippen molar-refractivity contribution < 1.29 is 8.83 Å². The number of aromatic nitrogens is 1. The molecule has 12 aromatic carbocycles. The van der Waals surface area contributed by atoms with Gasteiger partial charge in [0.2, 0.25) is 0 Å². The number of rotatable bonds is 5. The lowest BCUT2D eigenvalue weighted by Crippen LogP contribution is -2.24. The van der Waals surface area contributed by atoms with E-state index in [1.807, 2.05) is 0 Å². The molecule has 0 fully saturated rings. The number of para-hydroxylation sites is 4. The zero-order valence-electron chi connectivity index (χ0n) is 50.7. The molecule has 3 aromatic heterocycles. The van der Waals surface area contributed by atoms with Gasteiger partial charge < -0.3 is 18.3 Å². The van der Waals surface area contributed by atoms with Crippen LogP contribution in [0, 0.1) is 0 Å². The fourth-order valence-electron chi connectivity index (χ4n) is 17.4. The molecule has 420 valence electrons. The quantitative estimate of drug-likeness (QED) is 0.172. The van der Waals surface area contributed by atoms with Crippen molar-refractivity contribution in [2.75, 3.05) is 4.90 Å². The van der Waals surface area contributed by atoms with Crippen LogP contribution in [0.2, 0.25) is 0 Å². The summed E-state index contributed by atoms with van der Waals surface area (Å²) in [6.45, 7) is 19.4. The smallest absolute Gasteiger partial charge is 0.144 e. The summed E-state index contributed by atoms with van der Waals surface area (Å²) in [5, 5.41) is 7.14. The van der Waals surface area contributed by atoms with Gasteiger partial charge in [0.15, 0.2) is 0 Å². The van der Waals surface area contributed by atoms with Gasteiger partial charge in [0.25, 0.3) is 0 Å². The summed E-state index contributed by atoms with van der Waals surface area (Å²) >= 11 is 0. The molecule has 3 heterocycles. The van der Waals surface area contributed by atoms with Crippen molar-refractivity contribution in [1.82, 2.24) is 4.57 Å². The first-order valence-electron chi connectivity index (χ1n) is 31.2. The van der Waals surface area contributed by atoms with E-state index in [1.54, 1.807) is 0 Å². The zero-order chi connectivity index (χ0) is 59.1. The molecule has 0 unspecified atom stereocenters. The Morgan fingerprint density at radius 1 is 0.307 bits per heavy atom. The molecule has 0 radical (unpaired) electrons. The number of anilines is 3. The van der Waals surface area contributed by atoms with Crippen LogP contribution in [0.1, 0.15) is 99.9 Å². The first-order chi connectivity index (χ1) is 42.7. The minimum Gasteiger partial charge on any atom is -0.455 e. The van der Waals surface area contributed by atoms with Crippen LogP contribution >= 0.6 is 0 Å². The third kappa shape index (κ3) is 6.24.